The average molecular weight is 383 g/mol. The molecule has 3 N–H and O–H groups in total. The van der Waals surface area contributed by atoms with Gasteiger partial charge in [0.2, 0.25) is 0 Å². The zero-order valence-electron chi connectivity index (χ0n) is 16.0. The summed E-state index contributed by atoms with van der Waals surface area (Å²) in [6.45, 7) is 0. The van der Waals surface area contributed by atoms with E-state index in [2.05, 4.69) is 10.3 Å². The third-order valence-corrected chi connectivity index (χ3v) is 4.31. The van der Waals surface area contributed by atoms with E-state index in [1.54, 1.807) is 51.7 Å². The molecule has 0 fully saturated rings. The summed E-state index contributed by atoms with van der Waals surface area (Å²) in [5.41, 5.74) is 7.54. The lowest BCUT2D eigenvalue weighted by Crippen LogP contribution is -2.14. The van der Waals surface area contributed by atoms with E-state index in [1.165, 1.54) is 13.3 Å². The van der Waals surface area contributed by atoms with E-state index >= 15 is 0 Å². The Morgan fingerprint density at radius 3 is 2.21 bits per heavy atom. The molecule has 146 valence electrons. The molecule has 0 aliphatic carbocycles. The van der Waals surface area contributed by atoms with Gasteiger partial charge in [0.05, 0.1) is 50.9 Å². The molecule has 0 unspecified atom stereocenters. The van der Waals surface area contributed by atoms with E-state index in [1.807, 2.05) is 0 Å². The van der Waals surface area contributed by atoms with Gasteiger partial charge < -0.3 is 30.0 Å². The molecule has 2 aromatic carbocycles. The number of nitrogens with zero attached hydrogens (tertiary/aromatic N) is 1. The first-order valence-corrected chi connectivity index (χ1v) is 8.36. The van der Waals surface area contributed by atoms with Crippen molar-refractivity contribution in [1.82, 2.24) is 4.98 Å². The minimum atomic E-state index is -0.612. The van der Waals surface area contributed by atoms with Gasteiger partial charge in [-0.25, -0.2) is 0 Å². The van der Waals surface area contributed by atoms with E-state index in [0.29, 0.717) is 45.3 Å². The lowest BCUT2D eigenvalue weighted by Gasteiger charge is -2.17. The molecule has 0 saturated carbocycles. The van der Waals surface area contributed by atoms with Crippen LogP contribution in [0.4, 0.5) is 11.4 Å². The Morgan fingerprint density at radius 2 is 1.61 bits per heavy atom. The molecule has 0 atom stereocenters. The van der Waals surface area contributed by atoms with Gasteiger partial charge in [-0.05, 0) is 18.2 Å². The van der Waals surface area contributed by atoms with Crippen molar-refractivity contribution in [2.75, 3.05) is 33.8 Å². The molecule has 8 nitrogen and oxygen atoms in total. The second kappa shape index (κ2) is 7.91. The largest absolute Gasteiger partial charge is 0.497 e. The van der Waals surface area contributed by atoms with Gasteiger partial charge in [-0.3, -0.25) is 9.78 Å². The smallest absolute Gasteiger partial charge is 0.252 e. The highest BCUT2D eigenvalue weighted by Gasteiger charge is 2.18. The number of carbonyl (C=O) groups is 1. The lowest BCUT2D eigenvalue weighted by molar-refractivity contribution is 0.100. The van der Waals surface area contributed by atoms with Gasteiger partial charge in [0, 0.05) is 23.7 Å². The van der Waals surface area contributed by atoms with Crippen molar-refractivity contribution in [3.8, 4) is 23.0 Å². The van der Waals surface area contributed by atoms with E-state index in [0.717, 1.165) is 0 Å². The number of fused-ring (bicyclic) bond motifs is 1. The average Bonchev–Trinajstić information content (AvgIpc) is 2.72. The SMILES string of the molecule is COc1ccc(Nc2c(C(N)=O)cnc3cc(OC)c(OC)cc23)c(OC)c1. The van der Waals surface area contributed by atoms with Crippen molar-refractivity contribution >= 4 is 28.2 Å². The Hall–Kier alpha value is -3.68. The molecule has 3 rings (SSSR count). The summed E-state index contributed by atoms with van der Waals surface area (Å²) in [6, 6.07) is 8.78. The number of nitrogens with two attached hydrogens (primary N) is 1. The van der Waals surface area contributed by atoms with Crippen molar-refractivity contribution < 1.29 is 23.7 Å². The number of rotatable bonds is 7. The van der Waals surface area contributed by atoms with E-state index < -0.39 is 5.91 Å². The van der Waals surface area contributed by atoms with Crippen LogP contribution in [0.1, 0.15) is 10.4 Å². The normalized spacial score (nSPS) is 10.4. The van der Waals surface area contributed by atoms with Crippen LogP contribution in [0.25, 0.3) is 10.9 Å². The number of hydrogen-bond donors (Lipinski definition) is 2. The third-order valence-electron chi connectivity index (χ3n) is 4.31. The van der Waals surface area contributed by atoms with Gasteiger partial charge in [0.1, 0.15) is 11.5 Å². The van der Waals surface area contributed by atoms with Gasteiger partial charge in [0.15, 0.2) is 11.5 Å². The standard InChI is InChI=1S/C20H21N3O5/c1-25-11-5-6-14(16(7-11)26-2)23-19-12-8-17(27-3)18(28-4)9-15(12)22-10-13(19)20(21)24/h5-10H,1-4H3,(H2,21,24)(H,22,23). The van der Waals surface area contributed by atoms with Gasteiger partial charge in [-0.1, -0.05) is 0 Å². The number of ether oxygens (including phenoxy) is 4. The topological polar surface area (TPSA) is 105 Å². The first-order chi connectivity index (χ1) is 13.5. The summed E-state index contributed by atoms with van der Waals surface area (Å²) in [5, 5.41) is 3.88. The van der Waals surface area contributed by atoms with Crippen molar-refractivity contribution in [1.29, 1.82) is 0 Å². The fourth-order valence-electron chi connectivity index (χ4n) is 2.88. The number of carbonyl (C=O) groups excluding carboxylic acids is 1. The summed E-state index contributed by atoms with van der Waals surface area (Å²) in [6.07, 6.45) is 1.43. The number of hydrogen-bond acceptors (Lipinski definition) is 7. The summed E-state index contributed by atoms with van der Waals surface area (Å²) < 4.78 is 21.4. The first-order valence-electron chi connectivity index (χ1n) is 8.36. The van der Waals surface area contributed by atoms with Crippen molar-refractivity contribution in [3.05, 3.63) is 42.1 Å². The Labute approximate surface area is 162 Å². The minimum absolute atomic E-state index is 0.234. The number of aromatic nitrogens is 1. The van der Waals surface area contributed by atoms with Crippen LogP contribution in [0, 0.1) is 0 Å². The fraction of sp³-hybridized carbons (Fsp3) is 0.200. The molecule has 0 spiro atoms. The molecule has 0 aliphatic rings. The molecule has 8 heteroatoms. The number of pyridine rings is 1. The Balaban J connectivity index is 2.23. The number of amides is 1. The van der Waals surface area contributed by atoms with Gasteiger partial charge in [-0.15, -0.1) is 0 Å². The maximum absolute atomic E-state index is 12.0. The van der Waals surface area contributed by atoms with Crippen molar-refractivity contribution in [2.45, 2.75) is 0 Å². The van der Waals surface area contributed by atoms with Crippen LogP contribution < -0.4 is 30.0 Å². The van der Waals surface area contributed by atoms with Crippen LogP contribution in [-0.2, 0) is 0 Å². The molecule has 0 aliphatic heterocycles. The molecule has 1 heterocycles. The minimum Gasteiger partial charge on any atom is -0.497 e. The molecular formula is C20H21N3O5. The molecule has 28 heavy (non-hydrogen) atoms. The highest BCUT2D eigenvalue weighted by atomic mass is 16.5. The monoisotopic (exact) mass is 383 g/mol. The molecule has 1 amide bonds. The van der Waals surface area contributed by atoms with Crippen molar-refractivity contribution in [3.63, 3.8) is 0 Å². The Kier molecular flexibility index (Phi) is 5.39. The second-order valence-electron chi connectivity index (χ2n) is 5.83. The highest BCUT2D eigenvalue weighted by Crippen LogP contribution is 2.39. The molecule has 0 bridgehead atoms. The number of nitrogens with one attached hydrogen (secondary N) is 1. The summed E-state index contributed by atoms with van der Waals surface area (Å²) in [4.78, 5) is 16.4. The van der Waals surface area contributed by atoms with E-state index in [4.69, 9.17) is 24.7 Å². The molecular weight excluding hydrogens is 362 g/mol. The van der Waals surface area contributed by atoms with Crippen molar-refractivity contribution in [2.24, 2.45) is 5.73 Å². The summed E-state index contributed by atoms with van der Waals surface area (Å²) >= 11 is 0. The first kappa shape index (κ1) is 19.1. The van der Waals surface area contributed by atoms with Crippen LogP contribution >= 0.6 is 0 Å². The number of anilines is 2. The van der Waals surface area contributed by atoms with Crippen LogP contribution in [0.15, 0.2) is 36.5 Å². The number of primary amides is 1. The number of methoxy groups -OCH3 is 4. The Morgan fingerprint density at radius 1 is 0.929 bits per heavy atom. The Bertz CT molecular complexity index is 1040. The third kappa shape index (κ3) is 3.44. The van der Waals surface area contributed by atoms with Crippen LogP contribution in [0.5, 0.6) is 23.0 Å². The predicted octanol–water partition coefficient (Wildman–Crippen LogP) is 3.11. The van der Waals surface area contributed by atoms with E-state index in [9.17, 15) is 4.79 Å². The van der Waals surface area contributed by atoms with Gasteiger partial charge in [-0.2, -0.15) is 0 Å². The van der Waals surface area contributed by atoms with Crippen LogP contribution in [0.2, 0.25) is 0 Å². The zero-order chi connectivity index (χ0) is 20.3. The predicted molar refractivity (Wildman–Crippen MR) is 106 cm³/mol. The molecule has 3 aromatic rings. The van der Waals surface area contributed by atoms with Crippen LogP contribution in [0.3, 0.4) is 0 Å². The zero-order valence-corrected chi connectivity index (χ0v) is 16.0. The fourth-order valence-corrected chi connectivity index (χ4v) is 2.88. The van der Waals surface area contributed by atoms with Crippen LogP contribution in [-0.4, -0.2) is 39.3 Å². The lowest BCUT2D eigenvalue weighted by atomic mass is 10.1. The van der Waals surface area contributed by atoms with Gasteiger partial charge in [0.25, 0.3) is 5.91 Å². The van der Waals surface area contributed by atoms with E-state index in [-0.39, 0.29) is 5.56 Å². The molecule has 0 radical (unpaired) electrons. The summed E-state index contributed by atoms with van der Waals surface area (Å²) in [7, 11) is 6.20. The second-order valence-corrected chi connectivity index (χ2v) is 5.83. The quantitative estimate of drug-likeness (QED) is 0.646. The highest BCUT2D eigenvalue weighted by molar-refractivity contribution is 6.08. The maximum Gasteiger partial charge on any atom is 0.252 e. The summed E-state index contributed by atoms with van der Waals surface area (Å²) in [5.74, 6) is 1.60. The molecule has 0 saturated heterocycles. The van der Waals surface area contributed by atoms with Gasteiger partial charge >= 0.3 is 0 Å². The number of benzene rings is 2. The maximum atomic E-state index is 12.0. The molecule has 1 aromatic heterocycles.